The van der Waals surface area contributed by atoms with E-state index in [0.29, 0.717) is 22.3 Å². The molecule has 0 radical (unpaired) electrons. The number of anilines is 3. The summed E-state index contributed by atoms with van der Waals surface area (Å²) in [7, 11) is 4.36. The molecule has 2 aromatic carbocycles. The molecule has 0 saturated carbocycles. The van der Waals surface area contributed by atoms with E-state index in [-0.39, 0.29) is 32.8 Å². The number of carbonyl (C=O) groups is 1. The van der Waals surface area contributed by atoms with Crippen LogP contribution in [0.15, 0.2) is 30.3 Å². The van der Waals surface area contributed by atoms with E-state index in [4.69, 9.17) is 31.5 Å². The van der Waals surface area contributed by atoms with Gasteiger partial charge in [-0.1, -0.05) is 22.9 Å². The van der Waals surface area contributed by atoms with Crippen LogP contribution in [-0.2, 0) is 0 Å². The molecule has 1 aromatic heterocycles. The lowest BCUT2D eigenvalue weighted by atomic mass is 10.1. The predicted molar refractivity (Wildman–Crippen MR) is 111 cm³/mol. The molecule has 3 rings (SSSR count). The first-order valence-electron chi connectivity index (χ1n) is 8.21. The summed E-state index contributed by atoms with van der Waals surface area (Å²) in [5, 5.41) is 3.28. The molecule has 0 amide bonds. The zero-order valence-electron chi connectivity index (χ0n) is 15.7. The summed E-state index contributed by atoms with van der Waals surface area (Å²) < 4.78 is 29.2. The van der Waals surface area contributed by atoms with Crippen LogP contribution in [0.3, 0.4) is 0 Å². The number of nitrogen functional groups attached to an aromatic ring is 1. The first kappa shape index (κ1) is 20.7. The highest BCUT2D eigenvalue weighted by Crippen LogP contribution is 2.41. The Kier molecular flexibility index (Phi) is 6.09. The second kappa shape index (κ2) is 8.54. The average molecular weight is 438 g/mol. The number of hydrogen-bond donors (Lipinski definition) is 2. The zero-order valence-corrected chi connectivity index (χ0v) is 17.3. The molecular formula is C19H17ClFN3O4S. The minimum atomic E-state index is -0.535. The van der Waals surface area contributed by atoms with Crippen molar-refractivity contribution < 1.29 is 23.4 Å². The molecule has 0 saturated heterocycles. The minimum absolute atomic E-state index is 0.0362. The van der Waals surface area contributed by atoms with E-state index in [1.165, 1.54) is 39.5 Å². The largest absolute Gasteiger partial charge is 0.493 e. The number of rotatable bonds is 7. The molecule has 0 aliphatic heterocycles. The molecule has 0 aliphatic carbocycles. The molecule has 0 fully saturated rings. The Labute approximate surface area is 175 Å². The van der Waals surface area contributed by atoms with Crippen molar-refractivity contribution in [1.29, 1.82) is 0 Å². The van der Waals surface area contributed by atoms with Crippen LogP contribution >= 0.6 is 22.9 Å². The third-order valence-electron chi connectivity index (χ3n) is 3.98. The third kappa shape index (κ3) is 4.06. The monoisotopic (exact) mass is 437 g/mol. The van der Waals surface area contributed by atoms with Crippen LogP contribution in [0, 0.1) is 5.82 Å². The minimum Gasteiger partial charge on any atom is -0.493 e. The number of thiazole rings is 1. The standard InChI is InChI=1S/C19H17ClFN3O4S/c1-26-13-7-5-10(15(27-2)16(13)28-3)14(25)17-18(22)24-19(29-17)23-9-4-6-12(21)11(20)8-9/h4-8H,22H2,1-3H3,(H,23,24). The van der Waals surface area contributed by atoms with Gasteiger partial charge in [-0.2, -0.15) is 0 Å². The molecule has 3 N–H and O–H groups in total. The molecular weight excluding hydrogens is 421 g/mol. The third-order valence-corrected chi connectivity index (χ3v) is 5.25. The van der Waals surface area contributed by atoms with Crippen LogP contribution in [0.2, 0.25) is 5.02 Å². The maximum Gasteiger partial charge on any atom is 0.210 e. The van der Waals surface area contributed by atoms with Crippen molar-refractivity contribution in [3.05, 3.63) is 51.6 Å². The molecule has 0 bridgehead atoms. The average Bonchev–Trinajstić information content (AvgIpc) is 3.08. The molecule has 10 heteroatoms. The summed E-state index contributed by atoms with van der Waals surface area (Å²) >= 11 is 6.84. The van der Waals surface area contributed by atoms with Gasteiger partial charge in [-0.15, -0.1) is 0 Å². The van der Waals surface area contributed by atoms with E-state index in [9.17, 15) is 9.18 Å². The Morgan fingerprint density at radius 1 is 1.14 bits per heavy atom. The van der Waals surface area contributed by atoms with Crippen molar-refractivity contribution in [2.75, 3.05) is 32.4 Å². The van der Waals surface area contributed by atoms with Gasteiger partial charge in [0.1, 0.15) is 16.5 Å². The molecule has 7 nitrogen and oxygen atoms in total. The van der Waals surface area contributed by atoms with Crippen LogP contribution in [0.4, 0.5) is 21.0 Å². The van der Waals surface area contributed by atoms with E-state index in [0.717, 1.165) is 11.3 Å². The second-order valence-corrected chi connectivity index (χ2v) is 7.10. The van der Waals surface area contributed by atoms with E-state index in [1.54, 1.807) is 12.1 Å². The lowest BCUT2D eigenvalue weighted by molar-refractivity contribution is 0.103. The number of halogens is 2. The molecule has 29 heavy (non-hydrogen) atoms. The van der Waals surface area contributed by atoms with Gasteiger partial charge in [-0.3, -0.25) is 4.79 Å². The molecule has 1 heterocycles. The van der Waals surface area contributed by atoms with Crippen molar-refractivity contribution >= 4 is 45.4 Å². The Morgan fingerprint density at radius 2 is 1.86 bits per heavy atom. The zero-order chi connectivity index (χ0) is 21.1. The Morgan fingerprint density at radius 3 is 2.48 bits per heavy atom. The number of hydrogen-bond acceptors (Lipinski definition) is 8. The fourth-order valence-electron chi connectivity index (χ4n) is 2.65. The number of ketones is 1. The van der Waals surface area contributed by atoms with Crippen molar-refractivity contribution in [3.63, 3.8) is 0 Å². The summed E-state index contributed by atoms with van der Waals surface area (Å²) in [6.07, 6.45) is 0. The fraction of sp³-hybridized carbons (Fsp3) is 0.158. The van der Waals surface area contributed by atoms with E-state index in [1.807, 2.05) is 0 Å². The van der Waals surface area contributed by atoms with Gasteiger partial charge in [-0.05, 0) is 30.3 Å². The highest BCUT2D eigenvalue weighted by atomic mass is 35.5. The maximum absolute atomic E-state index is 13.3. The quantitative estimate of drug-likeness (QED) is 0.524. The Bertz CT molecular complexity index is 1070. The second-order valence-electron chi connectivity index (χ2n) is 5.70. The lowest BCUT2D eigenvalue weighted by Crippen LogP contribution is -2.06. The first-order valence-corrected chi connectivity index (χ1v) is 9.41. The summed E-state index contributed by atoms with van der Waals surface area (Å²) in [4.78, 5) is 17.5. The number of aromatic nitrogens is 1. The van der Waals surface area contributed by atoms with Crippen LogP contribution in [0.1, 0.15) is 15.2 Å². The van der Waals surface area contributed by atoms with Crippen molar-refractivity contribution in [2.45, 2.75) is 0 Å². The van der Waals surface area contributed by atoms with E-state index >= 15 is 0 Å². The van der Waals surface area contributed by atoms with Crippen molar-refractivity contribution in [2.24, 2.45) is 0 Å². The molecule has 0 aliphatic rings. The lowest BCUT2D eigenvalue weighted by Gasteiger charge is -2.14. The fourth-order valence-corrected chi connectivity index (χ4v) is 3.69. The van der Waals surface area contributed by atoms with Crippen LogP contribution < -0.4 is 25.3 Å². The molecule has 0 atom stereocenters. The van der Waals surface area contributed by atoms with Crippen LogP contribution in [0.5, 0.6) is 17.2 Å². The van der Waals surface area contributed by atoms with Gasteiger partial charge < -0.3 is 25.3 Å². The molecule has 3 aromatic rings. The summed E-state index contributed by atoms with van der Waals surface area (Å²) in [5.74, 6) is 0.0734. The summed E-state index contributed by atoms with van der Waals surface area (Å²) in [5.41, 5.74) is 6.72. The summed E-state index contributed by atoms with van der Waals surface area (Å²) in [6, 6.07) is 7.30. The van der Waals surface area contributed by atoms with Gasteiger partial charge in [0, 0.05) is 5.69 Å². The van der Waals surface area contributed by atoms with E-state index in [2.05, 4.69) is 10.3 Å². The molecule has 152 valence electrons. The number of benzene rings is 2. The summed E-state index contributed by atoms with van der Waals surface area (Å²) in [6.45, 7) is 0. The van der Waals surface area contributed by atoms with Crippen LogP contribution in [0.25, 0.3) is 0 Å². The van der Waals surface area contributed by atoms with Gasteiger partial charge in [-0.25, -0.2) is 9.37 Å². The highest BCUT2D eigenvalue weighted by molar-refractivity contribution is 7.18. The number of nitrogens with zero attached hydrogens (tertiary/aromatic N) is 1. The smallest absolute Gasteiger partial charge is 0.210 e. The van der Waals surface area contributed by atoms with Gasteiger partial charge in [0.15, 0.2) is 16.6 Å². The number of carbonyl (C=O) groups excluding carboxylic acids is 1. The van der Waals surface area contributed by atoms with Gasteiger partial charge in [0.25, 0.3) is 0 Å². The van der Waals surface area contributed by atoms with E-state index < -0.39 is 5.82 Å². The molecule has 0 spiro atoms. The SMILES string of the molecule is COc1ccc(C(=O)c2sc(Nc3ccc(F)c(Cl)c3)nc2N)c(OC)c1OC. The van der Waals surface area contributed by atoms with Crippen molar-refractivity contribution in [3.8, 4) is 17.2 Å². The normalized spacial score (nSPS) is 10.5. The van der Waals surface area contributed by atoms with Gasteiger partial charge >= 0.3 is 0 Å². The number of nitrogens with two attached hydrogens (primary N) is 1. The number of ether oxygens (including phenoxy) is 3. The predicted octanol–water partition coefficient (Wildman–Crippen LogP) is 4.52. The van der Waals surface area contributed by atoms with Gasteiger partial charge in [0.05, 0.1) is 31.9 Å². The topological polar surface area (TPSA) is 95.7 Å². The number of methoxy groups -OCH3 is 3. The number of nitrogens with one attached hydrogen (secondary N) is 1. The highest BCUT2D eigenvalue weighted by Gasteiger charge is 2.25. The Balaban J connectivity index is 1.95. The van der Waals surface area contributed by atoms with Gasteiger partial charge in [0.2, 0.25) is 11.5 Å². The maximum atomic E-state index is 13.3. The molecule has 0 unspecified atom stereocenters. The van der Waals surface area contributed by atoms with Crippen LogP contribution in [-0.4, -0.2) is 32.1 Å². The van der Waals surface area contributed by atoms with Crippen molar-refractivity contribution in [1.82, 2.24) is 4.98 Å². The Hall–Kier alpha value is -3.04. The first-order chi connectivity index (χ1) is 13.9.